The summed E-state index contributed by atoms with van der Waals surface area (Å²) in [7, 11) is 0. The van der Waals surface area contributed by atoms with Crippen molar-refractivity contribution in [3.63, 3.8) is 0 Å². The number of carbonyl (C=O) groups is 1. The number of aliphatic hydroxyl groups excluding tert-OH is 7. The first-order valence-electron chi connectivity index (χ1n) is 4.98. The second-order valence-corrected chi connectivity index (χ2v) is 3.69. The van der Waals surface area contributed by atoms with E-state index in [1.54, 1.807) is 0 Å². The molecule has 7 N–H and O–H groups in total. The Labute approximate surface area is 97.4 Å². The van der Waals surface area contributed by atoms with Gasteiger partial charge >= 0.3 is 0 Å². The standard InChI is InChI=1S/C9H18O8/c10-2-4(12)1-5(13)7(15)9(17)8(16)6(14)3-11/h5-11,13-17H,1-3H2/t5-,6+,7+,8+,9+/m0/s1. The van der Waals surface area contributed by atoms with Gasteiger partial charge in [-0.05, 0) is 0 Å². The fourth-order valence-electron chi connectivity index (χ4n) is 1.18. The van der Waals surface area contributed by atoms with E-state index >= 15 is 0 Å². The van der Waals surface area contributed by atoms with Gasteiger partial charge in [-0.15, -0.1) is 0 Å². The highest BCUT2D eigenvalue weighted by Gasteiger charge is 2.34. The van der Waals surface area contributed by atoms with Crippen molar-refractivity contribution in [3.05, 3.63) is 0 Å². The maximum absolute atomic E-state index is 10.8. The van der Waals surface area contributed by atoms with Crippen LogP contribution in [0.3, 0.4) is 0 Å². The summed E-state index contributed by atoms with van der Waals surface area (Å²) in [6.45, 7) is -1.65. The monoisotopic (exact) mass is 254 g/mol. The van der Waals surface area contributed by atoms with Crippen molar-refractivity contribution >= 4 is 5.78 Å². The summed E-state index contributed by atoms with van der Waals surface area (Å²) in [5, 5.41) is 63.1. The van der Waals surface area contributed by atoms with Crippen LogP contribution in [0.1, 0.15) is 6.42 Å². The molecule has 0 heterocycles. The van der Waals surface area contributed by atoms with Crippen molar-refractivity contribution in [2.45, 2.75) is 36.9 Å². The van der Waals surface area contributed by atoms with Gasteiger partial charge in [0.15, 0.2) is 5.78 Å². The molecule has 0 aliphatic rings. The van der Waals surface area contributed by atoms with Gasteiger partial charge in [-0.25, -0.2) is 0 Å². The van der Waals surface area contributed by atoms with Gasteiger partial charge in [0.05, 0.1) is 12.7 Å². The van der Waals surface area contributed by atoms with Crippen LogP contribution in [0.15, 0.2) is 0 Å². The Hall–Kier alpha value is -0.610. The summed E-state index contributed by atoms with van der Waals surface area (Å²) < 4.78 is 0. The van der Waals surface area contributed by atoms with Gasteiger partial charge in [-0.3, -0.25) is 4.79 Å². The number of aliphatic hydroxyl groups is 7. The highest BCUT2D eigenvalue weighted by atomic mass is 16.4. The predicted octanol–water partition coefficient (Wildman–Crippen LogP) is -4.27. The number of Topliss-reactive ketones (excluding diaryl/α,β-unsaturated/α-hetero) is 1. The van der Waals surface area contributed by atoms with E-state index in [4.69, 9.17) is 15.3 Å². The van der Waals surface area contributed by atoms with E-state index in [0.717, 1.165) is 0 Å². The van der Waals surface area contributed by atoms with Crippen LogP contribution in [-0.2, 0) is 4.79 Å². The predicted molar refractivity (Wildman–Crippen MR) is 53.8 cm³/mol. The van der Waals surface area contributed by atoms with Gasteiger partial charge < -0.3 is 35.7 Å². The molecule has 0 bridgehead atoms. The van der Waals surface area contributed by atoms with E-state index in [1.807, 2.05) is 0 Å². The molecule has 8 heteroatoms. The van der Waals surface area contributed by atoms with Gasteiger partial charge in [-0.2, -0.15) is 0 Å². The second-order valence-electron chi connectivity index (χ2n) is 3.69. The Kier molecular flexibility index (Phi) is 7.39. The van der Waals surface area contributed by atoms with Gasteiger partial charge in [0, 0.05) is 6.42 Å². The smallest absolute Gasteiger partial charge is 0.160 e. The van der Waals surface area contributed by atoms with Gasteiger partial charge in [0.2, 0.25) is 0 Å². The molecule has 0 aromatic heterocycles. The molecule has 0 saturated heterocycles. The van der Waals surface area contributed by atoms with Crippen LogP contribution in [0.4, 0.5) is 0 Å². The molecular formula is C9H18O8. The fourth-order valence-corrected chi connectivity index (χ4v) is 1.18. The Balaban J connectivity index is 4.37. The summed E-state index contributed by atoms with van der Waals surface area (Å²) in [5.41, 5.74) is 0. The van der Waals surface area contributed by atoms with Crippen LogP contribution in [0.2, 0.25) is 0 Å². The third-order valence-corrected chi connectivity index (χ3v) is 2.29. The first kappa shape index (κ1) is 16.4. The maximum atomic E-state index is 10.8. The molecule has 8 nitrogen and oxygen atoms in total. The van der Waals surface area contributed by atoms with E-state index < -0.39 is 55.9 Å². The number of hydrogen-bond donors (Lipinski definition) is 7. The highest BCUT2D eigenvalue weighted by Crippen LogP contribution is 2.10. The summed E-state index contributed by atoms with van der Waals surface area (Å²) in [6.07, 6.45) is -9.66. The lowest BCUT2D eigenvalue weighted by Gasteiger charge is -2.28. The topological polar surface area (TPSA) is 159 Å². The molecule has 0 rings (SSSR count). The average Bonchev–Trinajstić information content (AvgIpc) is 2.34. The molecule has 5 atom stereocenters. The van der Waals surface area contributed by atoms with Crippen LogP contribution in [0.5, 0.6) is 0 Å². The molecule has 0 aliphatic heterocycles. The van der Waals surface area contributed by atoms with Crippen molar-refractivity contribution in [2.24, 2.45) is 0 Å². The van der Waals surface area contributed by atoms with Crippen molar-refractivity contribution in [3.8, 4) is 0 Å². The summed E-state index contributed by atoms with van der Waals surface area (Å²) >= 11 is 0. The van der Waals surface area contributed by atoms with E-state index in [1.165, 1.54) is 0 Å². The molecule has 0 aliphatic carbocycles. The third kappa shape index (κ3) is 5.04. The van der Waals surface area contributed by atoms with Gasteiger partial charge in [0.1, 0.15) is 31.0 Å². The lowest BCUT2D eigenvalue weighted by molar-refractivity contribution is -0.146. The first-order chi connectivity index (χ1) is 7.84. The number of carbonyl (C=O) groups excluding carboxylic acids is 1. The lowest BCUT2D eigenvalue weighted by Crippen LogP contribution is -2.50. The second kappa shape index (κ2) is 7.67. The number of ketones is 1. The van der Waals surface area contributed by atoms with Crippen LogP contribution in [-0.4, -0.2) is 85.3 Å². The Morgan fingerprint density at radius 3 is 1.71 bits per heavy atom. The zero-order valence-corrected chi connectivity index (χ0v) is 9.05. The fraction of sp³-hybridized carbons (Fsp3) is 0.889. The quantitative estimate of drug-likeness (QED) is 0.229. The van der Waals surface area contributed by atoms with E-state index in [9.17, 15) is 25.2 Å². The first-order valence-corrected chi connectivity index (χ1v) is 4.98. The van der Waals surface area contributed by atoms with Crippen LogP contribution >= 0.6 is 0 Å². The number of hydrogen-bond acceptors (Lipinski definition) is 8. The highest BCUT2D eigenvalue weighted by molar-refractivity contribution is 5.79. The van der Waals surface area contributed by atoms with Gasteiger partial charge in [0.25, 0.3) is 0 Å². The third-order valence-electron chi connectivity index (χ3n) is 2.29. The van der Waals surface area contributed by atoms with Crippen LogP contribution in [0.25, 0.3) is 0 Å². The van der Waals surface area contributed by atoms with Crippen molar-refractivity contribution in [1.82, 2.24) is 0 Å². The maximum Gasteiger partial charge on any atom is 0.160 e. The van der Waals surface area contributed by atoms with E-state index in [2.05, 4.69) is 0 Å². The Morgan fingerprint density at radius 1 is 0.824 bits per heavy atom. The lowest BCUT2D eigenvalue weighted by atomic mass is 9.97. The minimum absolute atomic E-state index is 0.601. The Morgan fingerprint density at radius 2 is 1.29 bits per heavy atom. The molecule has 0 unspecified atom stereocenters. The Bertz CT molecular complexity index is 233. The molecule has 0 aromatic rings. The van der Waals surface area contributed by atoms with Crippen molar-refractivity contribution < 1.29 is 40.5 Å². The van der Waals surface area contributed by atoms with Crippen LogP contribution < -0.4 is 0 Å². The summed E-state index contributed by atoms with van der Waals surface area (Å²) in [4.78, 5) is 10.8. The average molecular weight is 254 g/mol. The van der Waals surface area contributed by atoms with Gasteiger partial charge in [-0.1, -0.05) is 0 Å². The normalized spacial score (nSPS) is 20.4. The van der Waals surface area contributed by atoms with E-state index in [-0.39, 0.29) is 0 Å². The minimum Gasteiger partial charge on any atom is -0.394 e. The molecule has 102 valence electrons. The molecule has 0 aromatic carbocycles. The zero-order chi connectivity index (χ0) is 13.6. The summed E-state index contributed by atoms with van der Waals surface area (Å²) in [6, 6.07) is 0. The van der Waals surface area contributed by atoms with E-state index in [0.29, 0.717) is 0 Å². The molecular weight excluding hydrogens is 236 g/mol. The zero-order valence-electron chi connectivity index (χ0n) is 9.05. The summed E-state index contributed by atoms with van der Waals surface area (Å²) in [5.74, 6) is -0.749. The minimum atomic E-state index is -1.93. The largest absolute Gasteiger partial charge is 0.394 e. The molecule has 0 fully saturated rings. The SMILES string of the molecule is O=C(CO)C[C@H](O)[C@@H](O)[C@@H](O)[C@H](O)[C@H](O)CO. The van der Waals surface area contributed by atoms with Crippen molar-refractivity contribution in [2.75, 3.05) is 13.2 Å². The molecule has 0 spiro atoms. The molecule has 0 radical (unpaired) electrons. The van der Waals surface area contributed by atoms with Crippen LogP contribution in [0, 0.1) is 0 Å². The number of rotatable bonds is 8. The molecule has 0 amide bonds. The molecule has 0 saturated carbocycles. The molecule has 17 heavy (non-hydrogen) atoms. The van der Waals surface area contributed by atoms with Crippen molar-refractivity contribution in [1.29, 1.82) is 0 Å².